The van der Waals surface area contributed by atoms with Gasteiger partial charge in [-0.25, -0.2) is 0 Å². The number of nitrogens with zero attached hydrogens (tertiary/aromatic N) is 1. The molecule has 1 fully saturated rings. The van der Waals surface area contributed by atoms with Crippen LogP contribution in [0.25, 0.3) is 0 Å². The summed E-state index contributed by atoms with van der Waals surface area (Å²) in [6.07, 6.45) is 5.03. The number of ether oxygens (including phenoxy) is 1. The summed E-state index contributed by atoms with van der Waals surface area (Å²) in [4.78, 5) is 31.0. The number of hydrogen-bond acceptors (Lipinski definition) is 7. The standard InChI is InChI=1S/C26H31N3O6S2/c1-35-26(31)20(15-17-7-3-2-4-8-17)24(30)27-22(25-28-21-9-5-6-10-23(21)36-25)16-18-11-13-19(14-12-18)29-37(32,33)34/h2-4,7-8,11-14,20-23,29H,5-6,9-10,15-16H2,1H3,(H,27,30)(H,32,33,34)/t20-,21?,22-,23?/m0/s1. The van der Waals surface area contributed by atoms with Gasteiger partial charge in [-0.3, -0.25) is 23.9 Å². The average molecular weight is 546 g/mol. The van der Waals surface area contributed by atoms with E-state index < -0.39 is 34.1 Å². The van der Waals surface area contributed by atoms with E-state index in [2.05, 4.69) is 5.32 Å². The van der Waals surface area contributed by atoms with Crippen LogP contribution < -0.4 is 10.0 Å². The number of rotatable bonds is 10. The van der Waals surface area contributed by atoms with E-state index in [1.807, 2.05) is 35.1 Å². The average Bonchev–Trinajstić information content (AvgIpc) is 3.31. The monoisotopic (exact) mass is 545 g/mol. The second kappa shape index (κ2) is 12.1. The number of fused-ring (bicyclic) bond motifs is 1. The van der Waals surface area contributed by atoms with Crippen LogP contribution in [0.4, 0.5) is 5.69 Å². The highest BCUT2D eigenvalue weighted by atomic mass is 32.2. The van der Waals surface area contributed by atoms with Gasteiger partial charge < -0.3 is 10.1 Å². The van der Waals surface area contributed by atoms with Crippen molar-refractivity contribution in [1.82, 2.24) is 5.32 Å². The van der Waals surface area contributed by atoms with E-state index in [9.17, 15) is 18.0 Å². The van der Waals surface area contributed by atoms with Crippen molar-refractivity contribution in [2.75, 3.05) is 11.8 Å². The fraction of sp³-hybridized carbons (Fsp3) is 0.423. The molecule has 1 saturated carbocycles. The molecule has 2 aliphatic rings. The maximum absolute atomic E-state index is 13.4. The number of esters is 1. The Morgan fingerprint density at radius 3 is 2.38 bits per heavy atom. The zero-order valence-corrected chi connectivity index (χ0v) is 22.1. The minimum absolute atomic E-state index is 0.215. The molecular formula is C26H31N3O6S2. The predicted octanol–water partition coefficient (Wildman–Crippen LogP) is 3.42. The van der Waals surface area contributed by atoms with Crippen LogP contribution in [0.1, 0.15) is 36.8 Å². The third-order valence-electron chi connectivity index (χ3n) is 6.57. The van der Waals surface area contributed by atoms with Crippen molar-refractivity contribution in [3.8, 4) is 0 Å². The molecule has 0 radical (unpaired) electrons. The number of benzene rings is 2. The van der Waals surface area contributed by atoms with Gasteiger partial charge in [-0.2, -0.15) is 8.42 Å². The van der Waals surface area contributed by atoms with Crippen molar-refractivity contribution in [1.29, 1.82) is 0 Å². The van der Waals surface area contributed by atoms with Crippen LogP contribution in [0.15, 0.2) is 59.6 Å². The molecule has 0 aromatic heterocycles. The highest BCUT2D eigenvalue weighted by molar-refractivity contribution is 8.15. The third kappa shape index (κ3) is 7.56. The lowest BCUT2D eigenvalue weighted by molar-refractivity contribution is -0.150. The first-order valence-electron chi connectivity index (χ1n) is 12.2. The molecule has 0 bridgehead atoms. The summed E-state index contributed by atoms with van der Waals surface area (Å²) in [5.41, 5.74) is 1.91. The highest BCUT2D eigenvalue weighted by Gasteiger charge is 2.37. The van der Waals surface area contributed by atoms with Crippen LogP contribution in [0.5, 0.6) is 0 Å². The molecule has 1 aliphatic heterocycles. The topological polar surface area (TPSA) is 134 Å². The van der Waals surface area contributed by atoms with Gasteiger partial charge in [0, 0.05) is 5.25 Å². The largest absolute Gasteiger partial charge is 0.468 e. The molecule has 0 spiro atoms. The SMILES string of the molecule is COC(=O)[C@@H](Cc1ccccc1)C(=O)N[C@@H](Cc1ccc(NS(=O)(=O)O)cc1)C1=NC2CCCCC2S1. The highest BCUT2D eigenvalue weighted by Crippen LogP contribution is 2.38. The molecule has 2 aromatic rings. The second-order valence-electron chi connectivity index (χ2n) is 9.28. The second-order valence-corrected chi connectivity index (χ2v) is 11.7. The Morgan fingerprint density at radius 1 is 1.05 bits per heavy atom. The van der Waals surface area contributed by atoms with Crippen molar-refractivity contribution in [3.05, 3.63) is 65.7 Å². The summed E-state index contributed by atoms with van der Waals surface area (Å²) in [5, 5.41) is 4.30. The van der Waals surface area contributed by atoms with Crippen LogP contribution in [0.3, 0.4) is 0 Å². The Bertz CT molecular complexity index is 1230. The minimum atomic E-state index is -4.37. The molecule has 9 nitrogen and oxygen atoms in total. The van der Waals surface area contributed by atoms with E-state index in [4.69, 9.17) is 14.3 Å². The van der Waals surface area contributed by atoms with E-state index >= 15 is 0 Å². The van der Waals surface area contributed by atoms with Gasteiger partial charge in [0.15, 0.2) is 0 Å². The van der Waals surface area contributed by atoms with Gasteiger partial charge in [-0.1, -0.05) is 55.3 Å². The lowest BCUT2D eigenvalue weighted by atomic mass is 9.95. The number of anilines is 1. The van der Waals surface area contributed by atoms with Crippen molar-refractivity contribution in [2.45, 2.75) is 55.9 Å². The molecule has 1 amide bonds. The van der Waals surface area contributed by atoms with Crippen LogP contribution in [-0.4, -0.2) is 54.3 Å². The van der Waals surface area contributed by atoms with Crippen molar-refractivity contribution in [2.24, 2.45) is 10.9 Å². The Balaban J connectivity index is 1.55. The van der Waals surface area contributed by atoms with Gasteiger partial charge >= 0.3 is 16.3 Å². The molecule has 11 heteroatoms. The fourth-order valence-corrected chi connectivity index (χ4v) is 6.61. The van der Waals surface area contributed by atoms with Crippen LogP contribution >= 0.6 is 11.8 Å². The first-order valence-corrected chi connectivity index (χ1v) is 14.5. The lowest BCUT2D eigenvalue weighted by Crippen LogP contribution is -2.46. The maximum Gasteiger partial charge on any atom is 0.357 e. The predicted molar refractivity (Wildman–Crippen MR) is 144 cm³/mol. The molecule has 1 heterocycles. The summed E-state index contributed by atoms with van der Waals surface area (Å²) in [6, 6.07) is 15.6. The lowest BCUT2D eigenvalue weighted by Gasteiger charge is -2.23. The first-order chi connectivity index (χ1) is 17.7. The number of carbonyl (C=O) groups excluding carboxylic acids is 2. The van der Waals surface area contributed by atoms with Crippen molar-refractivity contribution < 1.29 is 27.3 Å². The molecule has 2 aromatic carbocycles. The fourth-order valence-electron chi connectivity index (χ4n) is 4.72. The Kier molecular flexibility index (Phi) is 8.88. The number of carbonyl (C=O) groups is 2. The van der Waals surface area contributed by atoms with Gasteiger partial charge in [0.2, 0.25) is 5.91 Å². The normalized spacial score (nSPS) is 20.8. The van der Waals surface area contributed by atoms with Crippen LogP contribution in [-0.2, 0) is 37.5 Å². The Labute approximate surface area is 221 Å². The van der Waals surface area contributed by atoms with Crippen LogP contribution in [0, 0.1) is 5.92 Å². The van der Waals surface area contributed by atoms with Gasteiger partial charge in [-0.05, 0) is 48.9 Å². The van der Waals surface area contributed by atoms with Gasteiger partial charge in [0.25, 0.3) is 0 Å². The molecule has 1 aliphatic carbocycles. The number of nitrogens with one attached hydrogen (secondary N) is 2. The van der Waals surface area contributed by atoms with E-state index in [1.54, 1.807) is 23.9 Å². The molecule has 198 valence electrons. The third-order valence-corrected chi connectivity index (χ3v) is 8.55. The minimum Gasteiger partial charge on any atom is -0.468 e. The molecule has 4 atom stereocenters. The number of methoxy groups -OCH3 is 1. The molecule has 37 heavy (non-hydrogen) atoms. The quantitative estimate of drug-likeness (QED) is 0.237. The molecule has 2 unspecified atom stereocenters. The van der Waals surface area contributed by atoms with E-state index in [0.717, 1.165) is 41.9 Å². The summed E-state index contributed by atoms with van der Waals surface area (Å²) in [6.45, 7) is 0. The molecular weight excluding hydrogens is 514 g/mol. The Hall–Kier alpha value is -2.89. The molecule has 4 rings (SSSR count). The van der Waals surface area contributed by atoms with Gasteiger partial charge in [-0.15, -0.1) is 11.8 Å². The number of amides is 1. The molecule has 0 saturated heterocycles. The smallest absolute Gasteiger partial charge is 0.357 e. The Morgan fingerprint density at radius 2 is 1.73 bits per heavy atom. The summed E-state index contributed by atoms with van der Waals surface area (Å²) in [7, 11) is -3.10. The summed E-state index contributed by atoms with van der Waals surface area (Å²) >= 11 is 1.70. The zero-order valence-electron chi connectivity index (χ0n) is 20.5. The van der Waals surface area contributed by atoms with Crippen molar-refractivity contribution in [3.63, 3.8) is 0 Å². The number of hydrogen-bond donors (Lipinski definition) is 3. The maximum atomic E-state index is 13.4. The number of aliphatic imine (C=N–C) groups is 1. The van der Waals surface area contributed by atoms with E-state index in [-0.39, 0.29) is 18.2 Å². The van der Waals surface area contributed by atoms with E-state index in [1.165, 1.54) is 19.2 Å². The summed E-state index contributed by atoms with van der Waals surface area (Å²) in [5.74, 6) is -2.04. The van der Waals surface area contributed by atoms with Crippen molar-refractivity contribution >= 4 is 44.7 Å². The van der Waals surface area contributed by atoms with Crippen LogP contribution in [0.2, 0.25) is 0 Å². The number of thioether (sulfide) groups is 1. The zero-order chi connectivity index (χ0) is 26.4. The van der Waals surface area contributed by atoms with Gasteiger partial charge in [0.05, 0.1) is 29.9 Å². The van der Waals surface area contributed by atoms with Gasteiger partial charge in [0.1, 0.15) is 5.92 Å². The van der Waals surface area contributed by atoms with E-state index in [0.29, 0.717) is 11.7 Å². The molecule has 3 N–H and O–H groups in total. The first kappa shape index (κ1) is 27.2. The summed E-state index contributed by atoms with van der Waals surface area (Å²) < 4.78 is 38.2.